The fourth-order valence-electron chi connectivity index (χ4n) is 3.10. The number of nitrogens with zero attached hydrogens (tertiary/aromatic N) is 6. The molecule has 9 heteroatoms. The molecule has 0 radical (unpaired) electrons. The van der Waals surface area contributed by atoms with Gasteiger partial charge in [0, 0.05) is 25.8 Å². The standard InChI is InChI=1S/C21H21N7O2/c1-2-29-10-8-27(14-16-6-3-5-15(11-16)13-22)19-12-18(23)28-21(24-19)25-20(26-28)17-7-4-9-30-17/h3-7,9,11-12H,2,8,10,14,23H2,1H3. The van der Waals surface area contributed by atoms with Gasteiger partial charge < -0.3 is 19.8 Å². The molecule has 0 spiro atoms. The molecule has 0 bridgehead atoms. The molecule has 2 N–H and O–H groups in total. The average molecular weight is 403 g/mol. The summed E-state index contributed by atoms with van der Waals surface area (Å²) in [7, 11) is 0. The van der Waals surface area contributed by atoms with Crippen molar-refractivity contribution in [3.05, 3.63) is 59.9 Å². The molecule has 0 unspecified atom stereocenters. The minimum absolute atomic E-state index is 0.378. The highest BCUT2D eigenvalue weighted by atomic mass is 16.5. The lowest BCUT2D eigenvalue weighted by molar-refractivity contribution is 0.153. The molecule has 30 heavy (non-hydrogen) atoms. The van der Waals surface area contributed by atoms with E-state index < -0.39 is 0 Å². The van der Waals surface area contributed by atoms with Gasteiger partial charge in [0.05, 0.1) is 24.5 Å². The van der Waals surface area contributed by atoms with Crippen LogP contribution in [0.15, 0.2) is 53.1 Å². The first-order chi connectivity index (χ1) is 14.7. The van der Waals surface area contributed by atoms with E-state index in [1.807, 2.05) is 30.0 Å². The van der Waals surface area contributed by atoms with Crippen molar-refractivity contribution in [2.24, 2.45) is 0 Å². The van der Waals surface area contributed by atoms with Crippen LogP contribution in [0.4, 0.5) is 11.6 Å². The molecule has 9 nitrogen and oxygen atoms in total. The Hall–Kier alpha value is -3.90. The van der Waals surface area contributed by atoms with Crippen molar-refractivity contribution in [1.82, 2.24) is 19.6 Å². The summed E-state index contributed by atoms with van der Waals surface area (Å²) in [6, 6.07) is 15.0. The third-order valence-corrected chi connectivity index (χ3v) is 4.53. The Morgan fingerprint density at radius 1 is 1.23 bits per heavy atom. The first-order valence-electron chi connectivity index (χ1n) is 9.57. The summed E-state index contributed by atoms with van der Waals surface area (Å²) in [4.78, 5) is 11.2. The molecule has 0 amide bonds. The minimum Gasteiger partial charge on any atom is -0.461 e. The fraction of sp³-hybridized carbons (Fsp3) is 0.238. The van der Waals surface area contributed by atoms with Crippen LogP contribution in [0.3, 0.4) is 0 Å². The van der Waals surface area contributed by atoms with Crippen LogP contribution in [0.25, 0.3) is 17.4 Å². The number of rotatable bonds is 8. The lowest BCUT2D eigenvalue weighted by Gasteiger charge is -2.24. The van der Waals surface area contributed by atoms with Gasteiger partial charge in [0.15, 0.2) is 5.76 Å². The Labute approximate surface area is 173 Å². The number of ether oxygens (including phenoxy) is 1. The second-order valence-electron chi connectivity index (χ2n) is 6.59. The molecule has 0 aliphatic rings. The van der Waals surface area contributed by atoms with Crippen LogP contribution >= 0.6 is 0 Å². The fourth-order valence-corrected chi connectivity index (χ4v) is 3.10. The van der Waals surface area contributed by atoms with Crippen molar-refractivity contribution in [2.45, 2.75) is 13.5 Å². The number of nitriles is 1. The van der Waals surface area contributed by atoms with Crippen molar-refractivity contribution in [3.63, 3.8) is 0 Å². The predicted octanol–water partition coefficient (Wildman–Crippen LogP) is 2.88. The van der Waals surface area contributed by atoms with Gasteiger partial charge in [-0.3, -0.25) is 0 Å². The molecule has 152 valence electrons. The van der Waals surface area contributed by atoms with E-state index in [-0.39, 0.29) is 0 Å². The van der Waals surface area contributed by atoms with Gasteiger partial charge in [-0.15, -0.1) is 5.10 Å². The van der Waals surface area contributed by atoms with Crippen molar-refractivity contribution in [2.75, 3.05) is 30.4 Å². The minimum atomic E-state index is 0.378. The van der Waals surface area contributed by atoms with E-state index in [1.54, 1.807) is 30.5 Å². The number of furan rings is 1. The third-order valence-electron chi connectivity index (χ3n) is 4.53. The molecule has 0 fully saturated rings. The Morgan fingerprint density at radius 2 is 2.13 bits per heavy atom. The van der Waals surface area contributed by atoms with E-state index in [0.717, 1.165) is 5.56 Å². The van der Waals surface area contributed by atoms with Gasteiger partial charge in [-0.2, -0.15) is 19.7 Å². The molecule has 0 saturated carbocycles. The topological polar surface area (TPSA) is 118 Å². The monoisotopic (exact) mass is 403 g/mol. The van der Waals surface area contributed by atoms with Gasteiger partial charge in [-0.05, 0) is 36.8 Å². The zero-order valence-electron chi connectivity index (χ0n) is 16.5. The zero-order chi connectivity index (χ0) is 20.9. The van der Waals surface area contributed by atoms with Crippen LogP contribution in [0.1, 0.15) is 18.1 Å². The number of anilines is 2. The molecule has 4 rings (SSSR count). The van der Waals surface area contributed by atoms with Gasteiger partial charge in [0.2, 0.25) is 5.82 Å². The Morgan fingerprint density at radius 3 is 2.90 bits per heavy atom. The quantitative estimate of drug-likeness (QED) is 0.446. The van der Waals surface area contributed by atoms with Gasteiger partial charge >= 0.3 is 0 Å². The molecule has 3 aromatic heterocycles. The molecule has 3 heterocycles. The van der Waals surface area contributed by atoms with Crippen molar-refractivity contribution in [3.8, 4) is 17.7 Å². The van der Waals surface area contributed by atoms with Crippen LogP contribution in [0.5, 0.6) is 0 Å². The maximum absolute atomic E-state index is 9.18. The van der Waals surface area contributed by atoms with Crippen LogP contribution < -0.4 is 10.6 Å². The Bertz CT molecular complexity index is 1180. The Kier molecular flexibility index (Phi) is 5.59. The zero-order valence-corrected chi connectivity index (χ0v) is 16.5. The lowest BCUT2D eigenvalue weighted by atomic mass is 10.1. The second-order valence-corrected chi connectivity index (χ2v) is 6.59. The van der Waals surface area contributed by atoms with E-state index in [2.05, 4.69) is 21.1 Å². The summed E-state index contributed by atoms with van der Waals surface area (Å²) in [6.07, 6.45) is 1.56. The van der Waals surface area contributed by atoms with Crippen LogP contribution in [-0.4, -0.2) is 39.3 Å². The first-order valence-corrected chi connectivity index (χ1v) is 9.57. The molecule has 4 aromatic rings. The maximum Gasteiger partial charge on any atom is 0.256 e. The number of hydrogen-bond acceptors (Lipinski definition) is 8. The number of aromatic nitrogens is 4. The van der Waals surface area contributed by atoms with E-state index in [4.69, 9.17) is 14.9 Å². The number of nitrogens with two attached hydrogens (primary N) is 1. The average Bonchev–Trinajstić information content (AvgIpc) is 3.43. The van der Waals surface area contributed by atoms with Crippen molar-refractivity contribution in [1.29, 1.82) is 5.26 Å². The lowest BCUT2D eigenvalue weighted by Crippen LogP contribution is -2.28. The van der Waals surface area contributed by atoms with E-state index in [9.17, 15) is 5.26 Å². The molecule has 0 atom stereocenters. The molecule has 0 saturated heterocycles. The smallest absolute Gasteiger partial charge is 0.256 e. The SMILES string of the molecule is CCOCCN(Cc1cccc(C#N)c1)c1cc(N)n2nc(-c3ccco3)nc2n1. The van der Waals surface area contributed by atoms with E-state index in [1.165, 1.54) is 4.52 Å². The normalized spacial score (nSPS) is 10.9. The molecule has 0 aliphatic heterocycles. The second kappa shape index (κ2) is 8.63. The Balaban J connectivity index is 1.68. The third kappa shape index (κ3) is 4.09. The van der Waals surface area contributed by atoms with Crippen molar-refractivity contribution < 1.29 is 9.15 Å². The largest absolute Gasteiger partial charge is 0.461 e. The molecule has 1 aromatic carbocycles. The number of fused-ring (bicyclic) bond motifs is 1. The van der Waals surface area contributed by atoms with Gasteiger partial charge in [-0.1, -0.05) is 12.1 Å². The van der Waals surface area contributed by atoms with Crippen molar-refractivity contribution >= 4 is 17.4 Å². The summed E-state index contributed by atoms with van der Waals surface area (Å²) >= 11 is 0. The first kappa shape index (κ1) is 19.4. The van der Waals surface area contributed by atoms with Gasteiger partial charge in [0.1, 0.15) is 11.6 Å². The molecular formula is C21H21N7O2. The summed E-state index contributed by atoms with van der Waals surface area (Å²) in [5.41, 5.74) is 7.85. The van der Waals surface area contributed by atoms with Crippen LogP contribution in [0.2, 0.25) is 0 Å². The highest BCUT2D eigenvalue weighted by Crippen LogP contribution is 2.22. The highest BCUT2D eigenvalue weighted by Gasteiger charge is 2.16. The molecular weight excluding hydrogens is 382 g/mol. The summed E-state index contributed by atoms with van der Waals surface area (Å²) in [5.74, 6) is 2.40. The van der Waals surface area contributed by atoms with E-state index >= 15 is 0 Å². The maximum atomic E-state index is 9.18. The van der Waals surface area contributed by atoms with Crippen LogP contribution in [-0.2, 0) is 11.3 Å². The highest BCUT2D eigenvalue weighted by molar-refractivity contribution is 5.57. The van der Waals surface area contributed by atoms with E-state index in [0.29, 0.717) is 60.9 Å². The predicted molar refractivity (Wildman–Crippen MR) is 112 cm³/mol. The van der Waals surface area contributed by atoms with Crippen LogP contribution in [0, 0.1) is 11.3 Å². The number of hydrogen-bond donors (Lipinski definition) is 1. The van der Waals surface area contributed by atoms with Gasteiger partial charge in [-0.25, -0.2) is 0 Å². The number of benzene rings is 1. The summed E-state index contributed by atoms with van der Waals surface area (Å²) in [6.45, 7) is 4.26. The number of nitrogen functional groups attached to an aromatic ring is 1. The van der Waals surface area contributed by atoms with Gasteiger partial charge in [0.25, 0.3) is 5.78 Å². The summed E-state index contributed by atoms with van der Waals surface area (Å²) in [5, 5.41) is 13.6. The summed E-state index contributed by atoms with van der Waals surface area (Å²) < 4.78 is 12.4. The molecule has 0 aliphatic carbocycles.